The van der Waals surface area contributed by atoms with Gasteiger partial charge in [-0.05, 0) is 37.5 Å². The van der Waals surface area contributed by atoms with Crippen LogP contribution in [0.1, 0.15) is 36.4 Å². The number of carbonyl (C=O) groups is 2. The second kappa shape index (κ2) is 7.87. The summed E-state index contributed by atoms with van der Waals surface area (Å²) in [6, 6.07) is 3.48. The van der Waals surface area contributed by atoms with Crippen LogP contribution in [0.25, 0.3) is 0 Å². The monoisotopic (exact) mass is 351 g/mol. The second-order valence-electron chi connectivity index (χ2n) is 6.10. The summed E-state index contributed by atoms with van der Waals surface area (Å²) in [5.74, 6) is -2.45. The molecule has 0 bridgehead atoms. The fourth-order valence-corrected chi connectivity index (χ4v) is 2.22. The van der Waals surface area contributed by atoms with Gasteiger partial charge in [-0.3, -0.25) is 9.59 Å². The molecule has 2 rings (SSSR count). The Hall–Kier alpha value is -2.77. The van der Waals surface area contributed by atoms with Crippen LogP contribution in [0.15, 0.2) is 28.8 Å². The number of hydrogen-bond acceptors (Lipinski definition) is 4. The lowest BCUT2D eigenvalue weighted by Crippen LogP contribution is -2.44. The van der Waals surface area contributed by atoms with E-state index in [2.05, 4.69) is 15.8 Å². The van der Waals surface area contributed by atoms with Gasteiger partial charge in [0.15, 0.2) is 17.5 Å². The topological polar surface area (TPSA) is 84.2 Å². The predicted octanol–water partition coefficient (Wildman–Crippen LogP) is 3.04. The summed E-state index contributed by atoms with van der Waals surface area (Å²) in [5, 5.41) is 8.76. The van der Waals surface area contributed by atoms with Crippen LogP contribution in [0, 0.1) is 24.5 Å². The number of benzene rings is 1. The van der Waals surface area contributed by atoms with Crippen molar-refractivity contribution in [3.63, 3.8) is 0 Å². The Morgan fingerprint density at radius 2 is 1.92 bits per heavy atom. The van der Waals surface area contributed by atoms with E-state index >= 15 is 0 Å². The standard InChI is InChI=1S/C17H19F2N3O3/c1-9(2)6-14(17(24)21-15-7-10(3)25-22-15)20-16(23)11-4-5-12(18)13(19)8-11/h4-5,7-9,14H,6H2,1-3H3,(H,20,23)(H,21,22,24)/t14-/m0/s1. The first kappa shape index (κ1) is 18.6. The average Bonchev–Trinajstić information content (AvgIpc) is 2.93. The van der Waals surface area contributed by atoms with Crippen LogP contribution in [-0.2, 0) is 4.79 Å². The third-order valence-electron chi connectivity index (χ3n) is 3.39. The van der Waals surface area contributed by atoms with Gasteiger partial charge in [-0.2, -0.15) is 0 Å². The summed E-state index contributed by atoms with van der Waals surface area (Å²) >= 11 is 0. The van der Waals surface area contributed by atoms with Crippen molar-refractivity contribution in [2.45, 2.75) is 33.2 Å². The van der Waals surface area contributed by atoms with E-state index < -0.39 is 29.5 Å². The molecule has 0 radical (unpaired) electrons. The van der Waals surface area contributed by atoms with Crippen molar-refractivity contribution in [3.8, 4) is 0 Å². The molecule has 0 aliphatic heterocycles. The van der Waals surface area contributed by atoms with Crippen molar-refractivity contribution in [2.24, 2.45) is 5.92 Å². The van der Waals surface area contributed by atoms with E-state index in [1.54, 1.807) is 13.0 Å². The minimum absolute atomic E-state index is 0.0715. The van der Waals surface area contributed by atoms with Gasteiger partial charge in [0.05, 0.1) is 0 Å². The zero-order valence-corrected chi connectivity index (χ0v) is 14.1. The van der Waals surface area contributed by atoms with Gasteiger partial charge in [0.1, 0.15) is 11.8 Å². The highest BCUT2D eigenvalue weighted by molar-refractivity contribution is 6.00. The molecule has 6 nitrogen and oxygen atoms in total. The van der Waals surface area contributed by atoms with Crippen molar-refractivity contribution < 1.29 is 22.9 Å². The third-order valence-corrected chi connectivity index (χ3v) is 3.39. The summed E-state index contributed by atoms with van der Waals surface area (Å²) in [5.41, 5.74) is -0.0715. The fourth-order valence-electron chi connectivity index (χ4n) is 2.22. The van der Waals surface area contributed by atoms with Gasteiger partial charge in [0, 0.05) is 11.6 Å². The molecule has 0 saturated carbocycles. The van der Waals surface area contributed by atoms with Crippen LogP contribution < -0.4 is 10.6 Å². The molecule has 0 unspecified atom stereocenters. The smallest absolute Gasteiger partial charge is 0.252 e. The van der Waals surface area contributed by atoms with Gasteiger partial charge < -0.3 is 15.2 Å². The lowest BCUT2D eigenvalue weighted by Gasteiger charge is -2.19. The minimum Gasteiger partial charge on any atom is -0.360 e. The molecule has 1 heterocycles. The van der Waals surface area contributed by atoms with Gasteiger partial charge in [-0.1, -0.05) is 19.0 Å². The van der Waals surface area contributed by atoms with Gasteiger partial charge in [0.25, 0.3) is 5.91 Å². The number of hydrogen-bond donors (Lipinski definition) is 2. The molecule has 1 aromatic heterocycles. The second-order valence-corrected chi connectivity index (χ2v) is 6.10. The van der Waals surface area contributed by atoms with Gasteiger partial charge in [0.2, 0.25) is 5.91 Å². The van der Waals surface area contributed by atoms with E-state index in [0.717, 1.165) is 18.2 Å². The van der Waals surface area contributed by atoms with Gasteiger partial charge in [-0.25, -0.2) is 8.78 Å². The number of aromatic nitrogens is 1. The number of carbonyl (C=O) groups excluding carboxylic acids is 2. The molecule has 0 saturated heterocycles. The molecule has 1 atom stereocenters. The van der Waals surface area contributed by atoms with Gasteiger partial charge >= 0.3 is 0 Å². The molecule has 134 valence electrons. The molecular weight excluding hydrogens is 332 g/mol. The molecule has 8 heteroatoms. The zero-order valence-electron chi connectivity index (χ0n) is 14.1. The van der Waals surface area contributed by atoms with E-state index in [9.17, 15) is 18.4 Å². The molecule has 25 heavy (non-hydrogen) atoms. The first-order valence-corrected chi connectivity index (χ1v) is 7.76. The lowest BCUT2D eigenvalue weighted by atomic mass is 10.0. The highest BCUT2D eigenvalue weighted by atomic mass is 19.2. The van der Waals surface area contributed by atoms with Crippen LogP contribution in [0.4, 0.5) is 14.6 Å². The molecule has 0 fully saturated rings. The van der Waals surface area contributed by atoms with Crippen LogP contribution in [0.5, 0.6) is 0 Å². The van der Waals surface area contributed by atoms with Crippen molar-refractivity contribution in [1.82, 2.24) is 10.5 Å². The Bertz CT molecular complexity index is 774. The van der Waals surface area contributed by atoms with Crippen LogP contribution in [0.2, 0.25) is 0 Å². The Balaban J connectivity index is 2.11. The quantitative estimate of drug-likeness (QED) is 0.838. The zero-order chi connectivity index (χ0) is 18.6. The Morgan fingerprint density at radius 3 is 2.48 bits per heavy atom. The van der Waals surface area contributed by atoms with Crippen LogP contribution in [-0.4, -0.2) is 23.0 Å². The van der Waals surface area contributed by atoms with Gasteiger partial charge in [-0.15, -0.1) is 0 Å². The number of amides is 2. The normalized spacial score (nSPS) is 12.1. The molecule has 2 amide bonds. The highest BCUT2D eigenvalue weighted by Gasteiger charge is 2.24. The Labute approximate surface area is 143 Å². The number of halogens is 2. The summed E-state index contributed by atoms with van der Waals surface area (Å²) in [6.45, 7) is 5.47. The van der Waals surface area contributed by atoms with Crippen molar-refractivity contribution in [1.29, 1.82) is 0 Å². The number of nitrogens with zero attached hydrogens (tertiary/aromatic N) is 1. The summed E-state index contributed by atoms with van der Waals surface area (Å²) in [6.07, 6.45) is 0.359. The van der Waals surface area contributed by atoms with E-state index in [4.69, 9.17) is 4.52 Å². The highest BCUT2D eigenvalue weighted by Crippen LogP contribution is 2.13. The van der Waals surface area contributed by atoms with E-state index in [1.807, 2.05) is 13.8 Å². The average molecular weight is 351 g/mol. The molecule has 2 N–H and O–H groups in total. The van der Waals surface area contributed by atoms with Crippen molar-refractivity contribution >= 4 is 17.6 Å². The number of aryl methyl sites for hydroxylation is 1. The summed E-state index contributed by atoms with van der Waals surface area (Å²) in [4.78, 5) is 24.7. The van der Waals surface area contributed by atoms with Crippen LogP contribution >= 0.6 is 0 Å². The molecule has 0 aliphatic rings. The SMILES string of the molecule is Cc1cc(NC(=O)[C@H](CC(C)C)NC(=O)c2ccc(F)c(F)c2)no1. The van der Waals surface area contributed by atoms with E-state index in [0.29, 0.717) is 12.2 Å². The predicted molar refractivity (Wildman–Crippen MR) is 86.9 cm³/mol. The molecule has 1 aromatic carbocycles. The molecule has 0 aliphatic carbocycles. The number of rotatable bonds is 6. The maximum Gasteiger partial charge on any atom is 0.252 e. The van der Waals surface area contributed by atoms with Crippen molar-refractivity contribution in [2.75, 3.05) is 5.32 Å². The fraction of sp³-hybridized carbons (Fsp3) is 0.353. The van der Waals surface area contributed by atoms with Crippen LogP contribution in [0.3, 0.4) is 0 Å². The first-order chi connectivity index (χ1) is 11.8. The summed E-state index contributed by atoms with van der Waals surface area (Å²) < 4.78 is 31.1. The minimum atomic E-state index is -1.13. The maximum absolute atomic E-state index is 13.3. The number of nitrogens with one attached hydrogen (secondary N) is 2. The third kappa shape index (κ3) is 5.10. The molecule has 2 aromatic rings. The molecular formula is C17H19F2N3O3. The lowest BCUT2D eigenvalue weighted by molar-refractivity contribution is -0.118. The van der Waals surface area contributed by atoms with Crippen molar-refractivity contribution in [3.05, 3.63) is 47.2 Å². The largest absolute Gasteiger partial charge is 0.360 e. The Morgan fingerprint density at radius 1 is 1.20 bits per heavy atom. The maximum atomic E-state index is 13.3. The number of anilines is 1. The Kier molecular flexibility index (Phi) is 5.84. The summed E-state index contributed by atoms with van der Waals surface area (Å²) in [7, 11) is 0. The first-order valence-electron chi connectivity index (χ1n) is 7.76. The molecule has 0 spiro atoms. The van der Waals surface area contributed by atoms with E-state index in [1.165, 1.54) is 0 Å². The van der Waals surface area contributed by atoms with E-state index in [-0.39, 0.29) is 17.3 Å².